The lowest BCUT2D eigenvalue weighted by Crippen LogP contribution is -2.52. The van der Waals surface area contributed by atoms with Gasteiger partial charge in [0.2, 0.25) is 5.91 Å². The lowest BCUT2D eigenvalue weighted by Gasteiger charge is -2.17. The molecule has 2 aromatic carbocycles. The highest BCUT2D eigenvalue weighted by atomic mass is 16.5. The maximum Gasteiger partial charge on any atom is 0.267 e. The fourth-order valence-corrected chi connectivity index (χ4v) is 2.61. The number of hydrogen-bond acceptors (Lipinski definition) is 6. The zero-order chi connectivity index (χ0) is 23.2. The molecule has 2 aromatic rings. The van der Waals surface area contributed by atoms with E-state index in [0.29, 0.717) is 18.7 Å². The third-order valence-corrected chi connectivity index (χ3v) is 4.35. The molecule has 0 spiro atoms. The molecule has 0 aliphatic rings. The van der Waals surface area contributed by atoms with E-state index in [1.807, 2.05) is 30.3 Å². The van der Waals surface area contributed by atoms with Gasteiger partial charge in [0.15, 0.2) is 0 Å². The Balaban J connectivity index is 1.92. The molecule has 1 atom stereocenters. The number of nitrogens with one attached hydrogen (secondary N) is 4. The average Bonchev–Trinajstić information content (AvgIpc) is 2.83. The van der Waals surface area contributed by atoms with Gasteiger partial charge in [-0.25, -0.2) is 5.48 Å². The van der Waals surface area contributed by atoms with Crippen LogP contribution in [-0.2, 0) is 9.59 Å². The molecule has 3 amide bonds. The van der Waals surface area contributed by atoms with Crippen LogP contribution in [-0.4, -0.2) is 55.1 Å². The Hall–Kier alpha value is -3.71. The van der Waals surface area contributed by atoms with Crippen molar-refractivity contribution in [2.24, 2.45) is 5.73 Å². The number of amides is 3. The Morgan fingerprint density at radius 3 is 2.25 bits per heavy atom. The minimum atomic E-state index is -1.15. The van der Waals surface area contributed by atoms with Crippen molar-refractivity contribution in [3.8, 4) is 11.8 Å². The lowest BCUT2D eigenvalue weighted by molar-refractivity contribution is -0.131. The normalized spacial score (nSPS) is 10.9. The number of nitrogens with two attached hydrogens (primary N) is 1. The van der Waals surface area contributed by atoms with E-state index in [-0.39, 0.29) is 19.0 Å². The Morgan fingerprint density at radius 1 is 0.969 bits per heavy atom. The number of rotatable bonds is 10. The average molecular weight is 438 g/mol. The van der Waals surface area contributed by atoms with Gasteiger partial charge in [-0.2, -0.15) is 0 Å². The Kier molecular flexibility index (Phi) is 10.4. The van der Waals surface area contributed by atoms with Gasteiger partial charge in [0.25, 0.3) is 11.8 Å². The summed E-state index contributed by atoms with van der Waals surface area (Å²) in [6, 6.07) is 14.9. The van der Waals surface area contributed by atoms with Gasteiger partial charge in [0, 0.05) is 23.2 Å². The lowest BCUT2D eigenvalue weighted by atomic mass is 10.1. The molecule has 7 N–H and O–H groups in total. The van der Waals surface area contributed by atoms with Crippen molar-refractivity contribution in [3.63, 3.8) is 0 Å². The molecule has 9 nitrogen and oxygen atoms in total. The molecule has 2 rings (SSSR count). The number of hydrogen-bond donors (Lipinski definition) is 6. The van der Waals surface area contributed by atoms with Crippen molar-refractivity contribution in [1.29, 1.82) is 0 Å². The first kappa shape index (κ1) is 24.6. The van der Waals surface area contributed by atoms with E-state index in [9.17, 15) is 14.4 Å². The van der Waals surface area contributed by atoms with Crippen LogP contribution in [0.25, 0.3) is 0 Å². The van der Waals surface area contributed by atoms with E-state index in [4.69, 9.17) is 10.9 Å². The summed E-state index contributed by atoms with van der Waals surface area (Å²) in [5, 5.41) is 16.9. The van der Waals surface area contributed by atoms with Crippen LogP contribution in [0.1, 0.15) is 27.9 Å². The van der Waals surface area contributed by atoms with Crippen molar-refractivity contribution in [3.05, 3.63) is 71.3 Å². The molecule has 32 heavy (non-hydrogen) atoms. The second kappa shape index (κ2) is 13.6. The molecule has 0 radical (unpaired) electrons. The van der Waals surface area contributed by atoms with Crippen LogP contribution in [0.15, 0.2) is 54.6 Å². The quantitative estimate of drug-likeness (QED) is 0.131. The van der Waals surface area contributed by atoms with E-state index in [0.717, 1.165) is 17.5 Å². The molecule has 0 saturated carbocycles. The van der Waals surface area contributed by atoms with Gasteiger partial charge in [0.1, 0.15) is 6.04 Å². The fourth-order valence-electron chi connectivity index (χ4n) is 2.61. The van der Waals surface area contributed by atoms with Crippen LogP contribution < -0.4 is 27.2 Å². The smallest absolute Gasteiger partial charge is 0.267 e. The second-order valence-corrected chi connectivity index (χ2v) is 6.82. The summed E-state index contributed by atoms with van der Waals surface area (Å²) in [6.07, 6.45) is 0.732. The zero-order valence-electron chi connectivity index (χ0n) is 17.6. The number of hydroxylamine groups is 1. The Bertz CT molecular complexity index is 952. The van der Waals surface area contributed by atoms with Crippen molar-refractivity contribution in [1.82, 2.24) is 21.4 Å². The van der Waals surface area contributed by atoms with Crippen molar-refractivity contribution >= 4 is 17.7 Å². The SMILES string of the molecule is NCCCNCC(=O)NC[C@H](NC(=O)c1ccc(C#Cc2ccccc2)cc1)C(=O)NO. The molecule has 9 heteroatoms. The number of carbonyl (C=O) groups is 3. The first-order valence-corrected chi connectivity index (χ1v) is 10.1. The third kappa shape index (κ3) is 8.57. The van der Waals surface area contributed by atoms with Crippen LogP contribution >= 0.6 is 0 Å². The standard InChI is InChI=1S/C23H27N5O4/c24-13-4-14-25-16-21(29)26-15-20(23(31)28-32)27-22(30)19-11-9-18(10-12-19)8-7-17-5-2-1-3-6-17/h1-3,5-6,9-12,20,25,32H,4,13-16,24H2,(H,26,29)(H,27,30)(H,28,31)/t20-/m0/s1. The molecule has 0 fully saturated rings. The Labute approximate surface area is 186 Å². The first-order chi connectivity index (χ1) is 15.5. The maximum atomic E-state index is 12.5. The maximum absolute atomic E-state index is 12.5. The molecule has 0 saturated heterocycles. The van der Waals surface area contributed by atoms with Crippen LogP contribution in [0, 0.1) is 11.8 Å². The molecule has 168 valence electrons. The topological polar surface area (TPSA) is 146 Å². The van der Waals surface area contributed by atoms with E-state index in [1.54, 1.807) is 24.3 Å². The summed E-state index contributed by atoms with van der Waals surface area (Å²) < 4.78 is 0. The third-order valence-electron chi connectivity index (χ3n) is 4.35. The van der Waals surface area contributed by atoms with Gasteiger partial charge in [-0.15, -0.1) is 0 Å². The van der Waals surface area contributed by atoms with Gasteiger partial charge >= 0.3 is 0 Å². The molecule has 0 aliphatic heterocycles. The summed E-state index contributed by atoms with van der Waals surface area (Å²) in [4.78, 5) is 36.3. The number of benzene rings is 2. The van der Waals surface area contributed by atoms with Crippen molar-refractivity contribution < 1.29 is 19.6 Å². The fraction of sp³-hybridized carbons (Fsp3) is 0.261. The predicted octanol–water partition coefficient (Wildman–Crippen LogP) is -0.255. The summed E-state index contributed by atoms with van der Waals surface area (Å²) >= 11 is 0. The van der Waals surface area contributed by atoms with Crippen LogP contribution in [0.4, 0.5) is 0 Å². The van der Waals surface area contributed by atoms with Gasteiger partial charge in [-0.1, -0.05) is 30.0 Å². The predicted molar refractivity (Wildman–Crippen MR) is 120 cm³/mol. The van der Waals surface area contributed by atoms with Crippen LogP contribution in [0.5, 0.6) is 0 Å². The number of carbonyl (C=O) groups excluding carboxylic acids is 3. The van der Waals surface area contributed by atoms with E-state index >= 15 is 0 Å². The van der Waals surface area contributed by atoms with Crippen molar-refractivity contribution in [2.75, 3.05) is 26.2 Å². The minimum absolute atomic E-state index is 0.0485. The molecule has 0 heterocycles. The van der Waals surface area contributed by atoms with Crippen molar-refractivity contribution in [2.45, 2.75) is 12.5 Å². The summed E-state index contributed by atoms with van der Waals surface area (Å²) in [7, 11) is 0. The summed E-state index contributed by atoms with van der Waals surface area (Å²) in [5.74, 6) is 4.31. The minimum Gasteiger partial charge on any atom is -0.352 e. The van der Waals surface area contributed by atoms with Crippen LogP contribution in [0.2, 0.25) is 0 Å². The van der Waals surface area contributed by atoms with Gasteiger partial charge in [-0.05, 0) is 55.9 Å². The first-order valence-electron chi connectivity index (χ1n) is 10.1. The largest absolute Gasteiger partial charge is 0.352 e. The summed E-state index contributed by atoms with van der Waals surface area (Å²) in [5.41, 5.74) is 8.78. The van der Waals surface area contributed by atoms with Gasteiger partial charge in [-0.3, -0.25) is 19.6 Å². The van der Waals surface area contributed by atoms with E-state index in [1.165, 1.54) is 5.48 Å². The van der Waals surface area contributed by atoms with Crippen LogP contribution in [0.3, 0.4) is 0 Å². The van der Waals surface area contributed by atoms with E-state index in [2.05, 4.69) is 27.8 Å². The highest BCUT2D eigenvalue weighted by molar-refractivity contribution is 5.97. The molecule has 0 unspecified atom stereocenters. The summed E-state index contributed by atoms with van der Waals surface area (Å²) in [6.45, 7) is 0.968. The molecule has 0 bridgehead atoms. The molecule has 0 aromatic heterocycles. The monoisotopic (exact) mass is 437 g/mol. The van der Waals surface area contributed by atoms with Gasteiger partial charge in [0.05, 0.1) is 6.54 Å². The highest BCUT2D eigenvalue weighted by Crippen LogP contribution is 2.05. The zero-order valence-corrected chi connectivity index (χ0v) is 17.6. The molecular weight excluding hydrogens is 410 g/mol. The highest BCUT2D eigenvalue weighted by Gasteiger charge is 2.21. The van der Waals surface area contributed by atoms with E-state index < -0.39 is 17.9 Å². The van der Waals surface area contributed by atoms with Gasteiger partial charge < -0.3 is 21.7 Å². The molecule has 0 aliphatic carbocycles. The Morgan fingerprint density at radius 2 is 1.62 bits per heavy atom. The second-order valence-electron chi connectivity index (χ2n) is 6.82. The molecular formula is C23H27N5O4.